The van der Waals surface area contributed by atoms with Gasteiger partial charge in [0.05, 0.1) is 0 Å². The van der Waals surface area contributed by atoms with E-state index in [1.54, 1.807) is 0 Å². The lowest BCUT2D eigenvalue weighted by Gasteiger charge is -2.46. The highest BCUT2D eigenvalue weighted by Gasteiger charge is 2.49. The van der Waals surface area contributed by atoms with Gasteiger partial charge in [0.1, 0.15) is 5.54 Å². The maximum atomic E-state index is 11.7. The Bertz CT molecular complexity index is 268. The molecule has 17 heavy (non-hydrogen) atoms. The summed E-state index contributed by atoms with van der Waals surface area (Å²) in [7, 11) is 0. The van der Waals surface area contributed by atoms with Crippen LogP contribution in [0.3, 0.4) is 0 Å². The van der Waals surface area contributed by atoms with E-state index >= 15 is 0 Å². The van der Waals surface area contributed by atoms with Gasteiger partial charge in [-0.1, -0.05) is 27.2 Å². The van der Waals surface area contributed by atoms with Crippen LogP contribution in [0.1, 0.15) is 40.0 Å². The number of aliphatic carboxylic acids is 1. The Balaban J connectivity index is 2.96. The molecule has 0 aliphatic heterocycles. The highest BCUT2D eigenvalue weighted by Crippen LogP contribution is 2.41. The van der Waals surface area contributed by atoms with Crippen LogP contribution in [0.2, 0.25) is 0 Å². The minimum atomic E-state index is -0.773. The summed E-state index contributed by atoms with van der Waals surface area (Å²) in [6.07, 6.45) is 2.83. The largest absolute Gasteiger partial charge is 0.480 e. The first-order chi connectivity index (χ1) is 7.94. The van der Waals surface area contributed by atoms with Crippen LogP contribution in [-0.2, 0) is 4.79 Å². The second-order valence-electron chi connectivity index (χ2n) is 5.73. The smallest absolute Gasteiger partial charge is 0.324 e. The van der Waals surface area contributed by atoms with Crippen LogP contribution >= 0.6 is 0 Å². The maximum absolute atomic E-state index is 11.7. The minimum Gasteiger partial charge on any atom is -0.480 e. The summed E-state index contributed by atoms with van der Waals surface area (Å²) in [5.74, 6) is 0.328. The van der Waals surface area contributed by atoms with Gasteiger partial charge in [0.25, 0.3) is 0 Å². The third kappa shape index (κ3) is 2.99. The molecule has 0 saturated heterocycles. The van der Waals surface area contributed by atoms with Crippen LogP contribution in [-0.4, -0.2) is 29.7 Å². The molecule has 1 saturated carbocycles. The number of hydrogen-bond acceptors (Lipinski definition) is 3. The van der Waals surface area contributed by atoms with E-state index < -0.39 is 11.5 Å². The first-order valence-electron chi connectivity index (χ1n) is 6.62. The van der Waals surface area contributed by atoms with Crippen LogP contribution in [0.4, 0.5) is 0 Å². The summed E-state index contributed by atoms with van der Waals surface area (Å²) >= 11 is 0. The number of rotatable bonds is 5. The zero-order chi connectivity index (χ0) is 13.1. The van der Waals surface area contributed by atoms with Gasteiger partial charge in [-0.15, -0.1) is 0 Å². The van der Waals surface area contributed by atoms with Gasteiger partial charge < -0.3 is 16.2 Å². The molecule has 0 bridgehead atoms. The van der Waals surface area contributed by atoms with Crippen molar-refractivity contribution in [3.8, 4) is 0 Å². The van der Waals surface area contributed by atoms with Gasteiger partial charge in [-0.3, -0.25) is 4.79 Å². The van der Waals surface area contributed by atoms with Crippen LogP contribution in [0.15, 0.2) is 0 Å². The lowest BCUT2D eigenvalue weighted by molar-refractivity contribution is -0.151. The molecular formula is C13H26N2O2. The molecule has 4 N–H and O–H groups in total. The van der Waals surface area contributed by atoms with Crippen LogP contribution in [0.25, 0.3) is 0 Å². The van der Waals surface area contributed by atoms with Gasteiger partial charge in [0.2, 0.25) is 0 Å². The fraction of sp³-hybridized carbons (Fsp3) is 0.923. The molecule has 4 heteroatoms. The van der Waals surface area contributed by atoms with E-state index in [1.165, 1.54) is 0 Å². The van der Waals surface area contributed by atoms with Crippen LogP contribution in [0.5, 0.6) is 0 Å². The minimum absolute atomic E-state index is 0.197. The van der Waals surface area contributed by atoms with Gasteiger partial charge in [0, 0.05) is 13.1 Å². The standard InChI is InChI=1S/C13H26N2O2/c1-9(2)11-5-4-10(3)8-13(11,12(16)17)15-7-6-14/h9-11,15H,4-8,14H2,1-3H3,(H,16,17). The molecule has 0 aromatic heterocycles. The zero-order valence-corrected chi connectivity index (χ0v) is 11.2. The van der Waals surface area contributed by atoms with Gasteiger partial charge in [-0.05, 0) is 30.6 Å². The lowest BCUT2D eigenvalue weighted by Crippen LogP contribution is -2.62. The van der Waals surface area contributed by atoms with Crippen molar-refractivity contribution in [2.24, 2.45) is 23.5 Å². The first-order valence-corrected chi connectivity index (χ1v) is 6.62. The van der Waals surface area contributed by atoms with Gasteiger partial charge in [-0.25, -0.2) is 0 Å². The molecule has 4 nitrogen and oxygen atoms in total. The van der Waals surface area contributed by atoms with Gasteiger partial charge in [0.15, 0.2) is 0 Å². The van der Waals surface area contributed by atoms with Crippen LogP contribution < -0.4 is 11.1 Å². The van der Waals surface area contributed by atoms with E-state index in [2.05, 4.69) is 26.1 Å². The second kappa shape index (κ2) is 5.83. The molecule has 100 valence electrons. The number of nitrogens with two attached hydrogens (primary N) is 1. The number of nitrogens with one attached hydrogen (secondary N) is 1. The SMILES string of the molecule is CC1CCC(C(C)C)C(NCCN)(C(=O)O)C1. The number of carbonyl (C=O) groups is 1. The molecule has 1 aliphatic rings. The van der Waals surface area contributed by atoms with Gasteiger partial charge >= 0.3 is 5.97 Å². The van der Waals surface area contributed by atoms with Crippen molar-refractivity contribution in [1.82, 2.24) is 5.32 Å². The maximum Gasteiger partial charge on any atom is 0.324 e. The van der Waals surface area contributed by atoms with Gasteiger partial charge in [-0.2, -0.15) is 0 Å². The normalized spacial score (nSPS) is 33.9. The molecule has 1 rings (SSSR count). The Hall–Kier alpha value is -0.610. The number of carboxylic acids is 1. The van der Waals surface area contributed by atoms with Crippen molar-refractivity contribution in [2.45, 2.75) is 45.6 Å². The highest BCUT2D eigenvalue weighted by molar-refractivity contribution is 5.79. The fourth-order valence-electron chi connectivity index (χ4n) is 3.24. The summed E-state index contributed by atoms with van der Waals surface area (Å²) < 4.78 is 0. The molecule has 3 unspecified atom stereocenters. The Morgan fingerprint density at radius 1 is 1.53 bits per heavy atom. The molecule has 1 fully saturated rings. The van der Waals surface area contributed by atoms with E-state index in [4.69, 9.17) is 5.73 Å². The first kappa shape index (κ1) is 14.5. The third-order valence-electron chi connectivity index (χ3n) is 4.05. The zero-order valence-electron chi connectivity index (χ0n) is 11.2. The van der Waals surface area contributed by atoms with Crippen molar-refractivity contribution >= 4 is 5.97 Å². The van der Waals surface area contributed by atoms with E-state index in [9.17, 15) is 9.90 Å². The summed E-state index contributed by atoms with van der Waals surface area (Å²) in [5, 5.41) is 12.9. The monoisotopic (exact) mass is 242 g/mol. The van der Waals surface area contributed by atoms with E-state index in [1.807, 2.05) is 0 Å². The van der Waals surface area contributed by atoms with Crippen molar-refractivity contribution in [2.75, 3.05) is 13.1 Å². The Morgan fingerprint density at radius 2 is 2.18 bits per heavy atom. The van der Waals surface area contributed by atoms with E-state index in [0.29, 0.717) is 31.3 Å². The predicted octanol–water partition coefficient (Wildman–Crippen LogP) is 1.45. The average molecular weight is 242 g/mol. The van der Waals surface area contributed by atoms with E-state index in [0.717, 1.165) is 12.8 Å². The molecule has 0 amide bonds. The van der Waals surface area contributed by atoms with Crippen LogP contribution in [0, 0.1) is 17.8 Å². The summed E-state index contributed by atoms with van der Waals surface area (Å²) in [6.45, 7) is 7.42. The quantitative estimate of drug-likeness (QED) is 0.682. The number of carboxylic acid groups (broad SMARTS) is 1. The second-order valence-corrected chi connectivity index (χ2v) is 5.73. The highest BCUT2D eigenvalue weighted by atomic mass is 16.4. The van der Waals surface area contributed by atoms with Crippen molar-refractivity contribution in [1.29, 1.82) is 0 Å². The Morgan fingerprint density at radius 3 is 2.65 bits per heavy atom. The molecule has 0 aromatic carbocycles. The fourth-order valence-corrected chi connectivity index (χ4v) is 3.24. The molecule has 0 heterocycles. The molecular weight excluding hydrogens is 216 g/mol. The van der Waals surface area contributed by atoms with Crippen molar-refractivity contribution in [3.05, 3.63) is 0 Å². The molecule has 0 radical (unpaired) electrons. The summed E-state index contributed by atoms with van der Waals surface area (Å²) in [4.78, 5) is 11.7. The third-order valence-corrected chi connectivity index (χ3v) is 4.05. The topological polar surface area (TPSA) is 75.3 Å². The lowest BCUT2D eigenvalue weighted by atomic mass is 9.65. The molecule has 3 atom stereocenters. The summed E-state index contributed by atoms with van der Waals surface area (Å²) in [5.41, 5.74) is 4.73. The predicted molar refractivity (Wildman–Crippen MR) is 68.8 cm³/mol. The average Bonchev–Trinajstić information content (AvgIpc) is 2.25. The molecule has 1 aliphatic carbocycles. The van der Waals surface area contributed by atoms with Crippen molar-refractivity contribution in [3.63, 3.8) is 0 Å². The Labute approximate surface area is 104 Å². The van der Waals surface area contributed by atoms with Crippen molar-refractivity contribution < 1.29 is 9.90 Å². The summed E-state index contributed by atoms with van der Waals surface area (Å²) in [6, 6.07) is 0. The van der Waals surface area contributed by atoms with E-state index in [-0.39, 0.29) is 5.92 Å². The molecule has 0 spiro atoms. The Kier molecular flexibility index (Phi) is 4.95. The molecule has 0 aromatic rings. The number of hydrogen-bond donors (Lipinski definition) is 3.